The zero-order valence-corrected chi connectivity index (χ0v) is 18.7. The number of hydrogen-bond donors (Lipinski definition) is 1. The third-order valence-corrected chi connectivity index (χ3v) is 5.07. The molecule has 8 heteroatoms. The Kier molecular flexibility index (Phi) is 7.17. The number of nitrogens with one attached hydrogen (secondary N) is 1. The fraction of sp³-hybridized carbons (Fsp3) is 0.304. The highest BCUT2D eigenvalue weighted by Gasteiger charge is 2.23. The lowest BCUT2D eigenvalue weighted by molar-refractivity contribution is 0.0939. The van der Waals surface area contributed by atoms with Crippen molar-refractivity contribution in [2.45, 2.75) is 33.7 Å². The number of benzene rings is 2. The third-order valence-electron chi connectivity index (χ3n) is 4.72. The van der Waals surface area contributed by atoms with Crippen LogP contribution < -0.4 is 14.8 Å². The lowest BCUT2D eigenvalue weighted by Crippen LogP contribution is -2.27. The molecule has 1 atom stereocenters. The quantitative estimate of drug-likeness (QED) is 0.513. The topological polar surface area (TPSA) is 65.4 Å². The number of nitrogens with zero attached hydrogens (tertiary/aromatic N) is 2. The van der Waals surface area contributed by atoms with E-state index in [0.717, 1.165) is 5.56 Å². The summed E-state index contributed by atoms with van der Waals surface area (Å²) in [6, 6.07) is 11.0. The summed E-state index contributed by atoms with van der Waals surface area (Å²) >= 11 is 6.46. The SMILES string of the molecule is CCOc1ccc(C(C)NC(=O)c2c(C)nn(-c3ccc(F)cc3)c2Cl)cc1OCC. The number of carbonyl (C=O) groups is 1. The second-order valence-electron chi connectivity index (χ2n) is 6.91. The summed E-state index contributed by atoms with van der Waals surface area (Å²) in [6.07, 6.45) is 0. The van der Waals surface area contributed by atoms with Gasteiger partial charge >= 0.3 is 0 Å². The molecule has 0 saturated heterocycles. The summed E-state index contributed by atoms with van der Waals surface area (Å²) in [7, 11) is 0. The molecule has 3 aromatic rings. The van der Waals surface area contributed by atoms with Crippen molar-refractivity contribution in [3.8, 4) is 17.2 Å². The van der Waals surface area contributed by atoms with E-state index in [-0.39, 0.29) is 28.5 Å². The van der Waals surface area contributed by atoms with Crippen LogP contribution in [0.3, 0.4) is 0 Å². The zero-order chi connectivity index (χ0) is 22.5. The van der Waals surface area contributed by atoms with Crippen LogP contribution in [-0.2, 0) is 0 Å². The van der Waals surface area contributed by atoms with E-state index in [9.17, 15) is 9.18 Å². The zero-order valence-electron chi connectivity index (χ0n) is 17.9. The molecule has 1 unspecified atom stereocenters. The number of amides is 1. The molecule has 1 aromatic heterocycles. The summed E-state index contributed by atoms with van der Waals surface area (Å²) in [5, 5.41) is 7.46. The van der Waals surface area contributed by atoms with E-state index >= 15 is 0 Å². The van der Waals surface area contributed by atoms with Gasteiger partial charge in [0, 0.05) is 0 Å². The molecule has 164 valence electrons. The molecule has 1 N–H and O–H groups in total. The molecule has 2 aromatic carbocycles. The van der Waals surface area contributed by atoms with Crippen LogP contribution in [0.1, 0.15) is 48.4 Å². The Labute approximate surface area is 185 Å². The molecule has 6 nitrogen and oxygen atoms in total. The van der Waals surface area contributed by atoms with Gasteiger partial charge in [-0.25, -0.2) is 9.07 Å². The Morgan fingerprint density at radius 2 is 1.77 bits per heavy atom. The van der Waals surface area contributed by atoms with Crippen LogP contribution >= 0.6 is 11.6 Å². The van der Waals surface area contributed by atoms with E-state index in [1.807, 2.05) is 39.0 Å². The predicted octanol–water partition coefficient (Wildman–Crippen LogP) is 5.26. The summed E-state index contributed by atoms with van der Waals surface area (Å²) in [4.78, 5) is 13.0. The van der Waals surface area contributed by atoms with Gasteiger partial charge in [-0.15, -0.1) is 0 Å². The van der Waals surface area contributed by atoms with Gasteiger partial charge in [0.05, 0.1) is 36.2 Å². The summed E-state index contributed by atoms with van der Waals surface area (Å²) in [5.74, 6) is 0.569. The maximum Gasteiger partial charge on any atom is 0.256 e. The van der Waals surface area contributed by atoms with Crippen molar-refractivity contribution in [2.24, 2.45) is 0 Å². The molecular weight excluding hydrogens is 421 g/mol. The standard InChI is InChI=1S/C23H25ClFN3O3/c1-5-30-19-12-7-16(13-20(19)31-6-2)14(3)26-23(29)21-15(4)27-28(22(21)24)18-10-8-17(25)9-11-18/h7-14H,5-6H2,1-4H3,(H,26,29). The molecule has 0 aliphatic carbocycles. The minimum atomic E-state index is -0.364. The smallest absolute Gasteiger partial charge is 0.256 e. The van der Waals surface area contributed by atoms with Crippen molar-refractivity contribution in [1.82, 2.24) is 15.1 Å². The number of ether oxygens (including phenoxy) is 2. The van der Waals surface area contributed by atoms with Crippen LogP contribution in [-0.4, -0.2) is 28.9 Å². The fourth-order valence-electron chi connectivity index (χ4n) is 3.20. The van der Waals surface area contributed by atoms with Crippen LogP contribution in [0.15, 0.2) is 42.5 Å². The second kappa shape index (κ2) is 9.83. The Bertz CT molecular complexity index is 1070. The highest BCUT2D eigenvalue weighted by Crippen LogP contribution is 2.31. The molecule has 0 radical (unpaired) electrons. The normalized spacial score (nSPS) is 11.8. The van der Waals surface area contributed by atoms with Crippen molar-refractivity contribution in [3.63, 3.8) is 0 Å². The van der Waals surface area contributed by atoms with E-state index in [0.29, 0.717) is 36.1 Å². The van der Waals surface area contributed by atoms with E-state index in [4.69, 9.17) is 21.1 Å². The molecule has 1 heterocycles. The van der Waals surface area contributed by atoms with Crippen molar-refractivity contribution in [3.05, 3.63) is 70.3 Å². The first kappa shape index (κ1) is 22.6. The summed E-state index contributed by atoms with van der Waals surface area (Å²) in [6.45, 7) is 8.41. The number of rotatable bonds is 8. The first-order valence-corrected chi connectivity index (χ1v) is 10.4. The van der Waals surface area contributed by atoms with Gasteiger partial charge in [0.25, 0.3) is 5.91 Å². The third kappa shape index (κ3) is 4.99. The van der Waals surface area contributed by atoms with Gasteiger partial charge in [0.1, 0.15) is 11.0 Å². The monoisotopic (exact) mass is 445 g/mol. The minimum Gasteiger partial charge on any atom is -0.490 e. The molecule has 0 aliphatic heterocycles. The van der Waals surface area contributed by atoms with Crippen molar-refractivity contribution < 1.29 is 18.7 Å². The molecule has 31 heavy (non-hydrogen) atoms. The molecule has 0 fully saturated rings. The molecule has 0 bridgehead atoms. The van der Waals surface area contributed by atoms with Crippen LogP contribution in [0, 0.1) is 12.7 Å². The van der Waals surface area contributed by atoms with E-state index in [1.54, 1.807) is 19.1 Å². The van der Waals surface area contributed by atoms with E-state index in [1.165, 1.54) is 16.8 Å². The maximum atomic E-state index is 13.2. The molecule has 0 saturated carbocycles. The van der Waals surface area contributed by atoms with Gasteiger partial charge in [-0.1, -0.05) is 17.7 Å². The van der Waals surface area contributed by atoms with Crippen LogP contribution in [0.25, 0.3) is 5.69 Å². The number of halogens is 2. The highest BCUT2D eigenvalue weighted by atomic mass is 35.5. The number of hydrogen-bond acceptors (Lipinski definition) is 4. The fourth-order valence-corrected chi connectivity index (χ4v) is 3.56. The predicted molar refractivity (Wildman–Crippen MR) is 118 cm³/mol. The van der Waals surface area contributed by atoms with Crippen LogP contribution in [0.5, 0.6) is 11.5 Å². The second-order valence-corrected chi connectivity index (χ2v) is 7.26. The first-order valence-electron chi connectivity index (χ1n) is 10.1. The highest BCUT2D eigenvalue weighted by molar-refractivity contribution is 6.33. The Morgan fingerprint density at radius 3 is 2.42 bits per heavy atom. The van der Waals surface area contributed by atoms with E-state index in [2.05, 4.69) is 10.4 Å². The van der Waals surface area contributed by atoms with Gasteiger partial charge in [0.15, 0.2) is 11.5 Å². The number of carbonyl (C=O) groups excluding carboxylic acids is 1. The minimum absolute atomic E-state index is 0.163. The molecule has 3 rings (SSSR count). The van der Waals surface area contributed by atoms with Crippen molar-refractivity contribution >= 4 is 17.5 Å². The summed E-state index contributed by atoms with van der Waals surface area (Å²) in [5.41, 5.74) is 2.17. The average Bonchev–Trinajstić information content (AvgIpc) is 3.04. The number of aromatic nitrogens is 2. The van der Waals surface area contributed by atoms with Crippen molar-refractivity contribution in [2.75, 3.05) is 13.2 Å². The lowest BCUT2D eigenvalue weighted by atomic mass is 10.1. The molecule has 1 amide bonds. The summed E-state index contributed by atoms with van der Waals surface area (Å²) < 4.78 is 25.9. The average molecular weight is 446 g/mol. The molecule has 0 spiro atoms. The lowest BCUT2D eigenvalue weighted by Gasteiger charge is -2.17. The van der Waals surface area contributed by atoms with Gasteiger partial charge in [-0.2, -0.15) is 5.10 Å². The molecule has 0 aliphatic rings. The van der Waals surface area contributed by atoms with Crippen LogP contribution in [0.2, 0.25) is 5.15 Å². The van der Waals surface area contributed by atoms with Crippen molar-refractivity contribution in [1.29, 1.82) is 0 Å². The Balaban J connectivity index is 1.83. The van der Waals surface area contributed by atoms with Gasteiger partial charge in [0.2, 0.25) is 0 Å². The maximum absolute atomic E-state index is 13.2. The van der Waals surface area contributed by atoms with Gasteiger partial charge in [-0.3, -0.25) is 4.79 Å². The number of aryl methyl sites for hydroxylation is 1. The van der Waals surface area contributed by atoms with Gasteiger partial charge < -0.3 is 14.8 Å². The Hall–Kier alpha value is -3.06. The van der Waals surface area contributed by atoms with Gasteiger partial charge in [-0.05, 0) is 69.7 Å². The Morgan fingerprint density at radius 1 is 1.13 bits per heavy atom. The molecular formula is C23H25ClFN3O3. The van der Waals surface area contributed by atoms with Crippen LogP contribution in [0.4, 0.5) is 4.39 Å². The largest absolute Gasteiger partial charge is 0.490 e. The first-order chi connectivity index (χ1) is 14.8. The van der Waals surface area contributed by atoms with E-state index < -0.39 is 0 Å².